The molecule has 2 nitrogen and oxygen atoms in total. The van der Waals surface area contributed by atoms with E-state index in [2.05, 4.69) is 25.1 Å². The molecule has 1 aromatic carbocycles. The van der Waals surface area contributed by atoms with Gasteiger partial charge in [0, 0.05) is 19.2 Å². The number of benzene rings is 1. The third-order valence-corrected chi connectivity index (χ3v) is 2.52. The molecule has 0 saturated heterocycles. The smallest absolute Gasteiger partial charge is 0.223 e. The van der Waals surface area contributed by atoms with Crippen LogP contribution in [0.1, 0.15) is 45.7 Å². The lowest BCUT2D eigenvalue weighted by Gasteiger charge is -2.14. The maximum absolute atomic E-state index is 11.2. The van der Waals surface area contributed by atoms with Crippen molar-refractivity contribution in [2.45, 2.75) is 48.0 Å². The number of aryl methyl sites for hydroxylation is 1. The Bertz CT molecular complexity index is 358. The van der Waals surface area contributed by atoms with Crippen LogP contribution >= 0.6 is 0 Å². The van der Waals surface area contributed by atoms with Gasteiger partial charge < -0.3 is 4.90 Å². The molecule has 0 aromatic heterocycles. The predicted octanol–water partition coefficient (Wildman–Crippen LogP) is 3.96. The van der Waals surface area contributed by atoms with Crippen LogP contribution in [-0.2, 0) is 11.2 Å². The molecule has 1 aliphatic heterocycles. The third kappa shape index (κ3) is 3.88. The van der Waals surface area contributed by atoms with Gasteiger partial charge in [-0.25, -0.2) is 0 Å². The first-order valence-corrected chi connectivity index (χ1v) is 6.56. The second kappa shape index (κ2) is 7.88. The lowest BCUT2D eigenvalue weighted by molar-refractivity contribution is -0.116. The van der Waals surface area contributed by atoms with Crippen LogP contribution in [0.15, 0.2) is 18.2 Å². The van der Waals surface area contributed by atoms with Crippen LogP contribution in [0.4, 0.5) is 5.69 Å². The molecule has 2 heteroatoms. The second-order valence-corrected chi connectivity index (χ2v) is 3.55. The minimum absolute atomic E-state index is 0.143. The first-order chi connectivity index (χ1) is 8.18. The molecule has 0 bridgehead atoms. The van der Waals surface area contributed by atoms with Gasteiger partial charge in [0.25, 0.3) is 0 Å². The van der Waals surface area contributed by atoms with Crippen LogP contribution in [0.2, 0.25) is 0 Å². The Morgan fingerprint density at radius 3 is 2.29 bits per heavy atom. The average molecular weight is 235 g/mol. The van der Waals surface area contributed by atoms with Crippen LogP contribution in [0.25, 0.3) is 0 Å². The highest BCUT2D eigenvalue weighted by Gasteiger charge is 2.21. The van der Waals surface area contributed by atoms with Crippen molar-refractivity contribution in [1.82, 2.24) is 0 Å². The minimum atomic E-state index is 0.143. The van der Waals surface area contributed by atoms with Gasteiger partial charge in [-0.15, -0.1) is 0 Å². The van der Waals surface area contributed by atoms with Gasteiger partial charge in [0.05, 0.1) is 0 Å². The molecule has 0 atom stereocenters. The van der Waals surface area contributed by atoms with Crippen molar-refractivity contribution in [2.24, 2.45) is 0 Å². The summed E-state index contributed by atoms with van der Waals surface area (Å²) in [5.74, 6) is 0.143. The molecular weight excluding hydrogens is 210 g/mol. The van der Waals surface area contributed by atoms with E-state index in [9.17, 15) is 4.79 Å². The number of carbonyl (C=O) groups excluding carboxylic acids is 1. The Labute approximate surface area is 106 Å². The summed E-state index contributed by atoms with van der Waals surface area (Å²) in [6.45, 7) is 12.5. The van der Waals surface area contributed by atoms with Crippen LogP contribution in [-0.4, -0.2) is 12.5 Å². The maximum Gasteiger partial charge on any atom is 0.223 e. The number of rotatable bonds is 0. The van der Waals surface area contributed by atoms with Gasteiger partial charge in [0.15, 0.2) is 0 Å². The fraction of sp³-hybridized carbons (Fsp3) is 0.533. The van der Waals surface area contributed by atoms with E-state index in [1.165, 1.54) is 11.1 Å². The Morgan fingerprint density at radius 1 is 1.18 bits per heavy atom. The van der Waals surface area contributed by atoms with E-state index in [0.717, 1.165) is 18.7 Å². The molecule has 0 saturated carbocycles. The topological polar surface area (TPSA) is 20.3 Å². The molecule has 0 unspecified atom stereocenters. The number of anilines is 1. The number of fused-ring (bicyclic) bond motifs is 1. The predicted molar refractivity (Wildman–Crippen MR) is 75.6 cm³/mol. The van der Waals surface area contributed by atoms with Crippen molar-refractivity contribution >= 4 is 11.6 Å². The number of hydrogen-bond donors (Lipinski definition) is 0. The maximum atomic E-state index is 11.2. The van der Waals surface area contributed by atoms with Crippen molar-refractivity contribution in [3.8, 4) is 0 Å². The summed E-state index contributed by atoms with van der Waals surface area (Å²) in [6.07, 6.45) is 0.995. The fourth-order valence-corrected chi connectivity index (χ4v) is 1.82. The van der Waals surface area contributed by atoms with Crippen LogP contribution in [0.5, 0.6) is 0 Å². The van der Waals surface area contributed by atoms with Crippen molar-refractivity contribution in [1.29, 1.82) is 0 Å². The summed E-state index contributed by atoms with van der Waals surface area (Å²) in [5, 5.41) is 0. The number of hydrogen-bond acceptors (Lipinski definition) is 1. The summed E-state index contributed by atoms with van der Waals surface area (Å²) < 4.78 is 0. The van der Waals surface area contributed by atoms with Crippen LogP contribution < -0.4 is 4.90 Å². The monoisotopic (exact) mass is 235 g/mol. The summed E-state index contributed by atoms with van der Waals surface area (Å²) >= 11 is 0. The Hall–Kier alpha value is -1.31. The van der Waals surface area contributed by atoms with E-state index in [1.54, 1.807) is 6.92 Å². The van der Waals surface area contributed by atoms with Crippen molar-refractivity contribution in [2.75, 3.05) is 11.4 Å². The van der Waals surface area contributed by atoms with E-state index < -0.39 is 0 Å². The lowest BCUT2D eigenvalue weighted by Crippen LogP contribution is -2.25. The lowest BCUT2D eigenvalue weighted by atomic mass is 10.1. The minimum Gasteiger partial charge on any atom is -0.312 e. The fourth-order valence-electron chi connectivity index (χ4n) is 1.82. The van der Waals surface area contributed by atoms with E-state index in [-0.39, 0.29) is 5.91 Å². The Balaban J connectivity index is 0.000000581. The molecule has 1 heterocycles. The molecule has 17 heavy (non-hydrogen) atoms. The molecular formula is C15H25NO. The molecule has 0 spiro atoms. The quantitative estimate of drug-likeness (QED) is 0.666. The van der Waals surface area contributed by atoms with Crippen LogP contribution in [0.3, 0.4) is 0 Å². The molecule has 96 valence electrons. The van der Waals surface area contributed by atoms with Gasteiger partial charge in [-0.05, 0) is 30.5 Å². The zero-order chi connectivity index (χ0) is 13.4. The molecule has 2 rings (SSSR count). The van der Waals surface area contributed by atoms with Gasteiger partial charge in [-0.2, -0.15) is 0 Å². The van der Waals surface area contributed by atoms with Gasteiger partial charge in [0.2, 0.25) is 5.91 Å². The summed E-state index contributed by atoms with van der Waals surface area (Å²) in [7, 11) is 0. The van der Waals surface area contributed by atoms with E-state index in [4.69, 9.17) is 0 Å². The summed E-state index contributed by atoms with van der Waals surface area (Å²) in [4.78, 5) is 13.1. The summed E-state index contributed by atoms with van der Waals surface area (Å²) in [5.41, 5.74) is 3.61. The zero-order valence-corrected chi connectivity index (χ0v) is 12.0. The third-order valence-electron chi connectivity index (χ3n) is 2.52. The Morgan fingerprint density at radius 2 is 1.76 bits per heavy atom. The highest BCUT2D eigenvalue weighted by molar-refractivity contribution is 5.93. The van der Waals surface area contributed by atoms with E-state index >= 15 is 0 Å². The molecule has 0 N–H and O–H groups in total. The summed E-state index contributed by atoms with van der Waals surface area (Å²) in [6, 6.07) is 6.31. The molecule has 1 aliphatic rings. The highest BCUT2D eigenvalue weighted by Crippen LogP contribution is 2.28. The first kappa shape index (κ1) is 15.7. The van der Waals surface area contributed by atoms with Gasteiger partial charge in [-0.1, -0.05) is 39.8 Å². The SMILES string of the molecule is CC.CC.CC(=O)N1CCc2ccc(C)cc21. The Kier molecular flexibility index (Phi) is 7.27. The van der Waals surface area contributed by atoms with E-state index in [1.807, 2.05) is 32.6 Å². The van der Waals surface area contributed by atoms with Gasteiger partial charge in [-0.3, -0.25) is 4.79 Å². The second-order valence-electron chi connectivity index (χ2n) is 3.55. The van der Waals surface area contributed by atoms with Gasteiger partial charge >= 0.3 is 0 Å². The zero-order valence-electron chi connectivity index (χ0n) is 12.0. The van der Waals surface area contributed by atoms with E-state index in [0.29, 0.717) is 0 Å². The number of carbonyl (C=O) groups is 1. The first-order valence-electron chi connectivity index (χ1n) is 6.56. The number of nitrogens with zero attached hydrogens (tertiary/aromatic N) is 1. The molecule has 1 aromatic rings. The highest BCUT2D eigenvalue weighted by atomic mass is 16.2. The molecule has 1 amide bonds. The van der Waals surface area contributed by atoms with Crippen molar-refractivity contribution < 1.29 is 4.79 Å². The van der Waals surface area contributed by atoms with Crippen molar-refractivity contribution in [3.05, 3.63) is 29.3 Å². The standard InChI is InChI=1S/C11H13NO.2C2H6/c1-8-3-4-10-5-6-12(9(2)13)11(10)7-8;2*1-2/h3-4,7H,5-6H2,1-2H3;2*1-2H3. The van der Waals surface area contributed by atoms with Crippen LogP contribution in [0, 0.1) is 6.92 Å². The molecule has 0 fully saturated rings. The largest absolute Gasteiger partial charge is 0.312 e. The molecule has 0 aliphatic carbocycles. The normalized spacial score (nSPS) is 11.8. The average Bonchev–Trinajstić information content (AvgIpc) is 2.77. The molecule has 0 radical (unpaired) electrons. The van der Waals surface area contributed by atoms with Gasteiger partial charge in [0.1, 0.15) is 0 Å². The number of amides is 1. The van der Waals surface area contributed by atoms with Crippen molar-refractivity contribution in [3.63, 3.8) is 0 Å².